The second-order valence-electron chi connectivity index (χ2n) is 4.92. The van der Waals surface area contributed by atoms with Crippen molar-refractivity contribution in [3.8, 4) is 0 Å². The third-order valence-electron chi connectivity index (χ3n) is 3.35. The Morgan fingerprint density at radius 3 is 2.65 bits per heavy atom. The SMILES string of the molecule is COCCCNC(=O)c1cnc(N2CCCCC2)nc1. The molecular weight excluding hydrogens is 256 g/mol. The maximum Gasteiger partial charge on any atom is 0.254 e. The van der Waals surface area contributed by atoms with Gasteiger partial charge in [0, 0.05) is 45.7 Å². The highest BCUT2D eigenvalue weighted by molar-refractivity contribution is 5.93. The maximum atomic E-state index is 11.8. The molecule has 0 bridgehead atoms. The van der Waals surface area contributed by atoms with Gasteiger partial charge in [0.25, 0.3) is 5.91 Å². The van der Waals surface area contributed by atoms with Crippen LogP contribution in [0.1, 0.15) is 36.0 Å². The fourth-order valence-corrected chi connectivity index (χ4v) is 2.22. The quantitative estimate of drug-likeness (QED) is 0.793. The Labute approximate surface area is 119 Å². The van der Waals surface area contributed by atoms with Crippen LogP contribution in [0.25, 0.3) is 0 Å². The summed E-state index contributed by atoms with van der Waals surface area (Å²) in [5.41, 5.74) is 0.503. The predicted molar refractivity (Wildman–Crippen MR) is 76.9 cm³/mol. The monoisotopic (exact) mass is 278 g/mol. The number of ether oxygens (including phenoxy) is 1. The van der Waals surface area contributed by atoms with Gasteiger partial charge >= 0.3 is 0 Å². The minimum atomic E-state index is -0.133. The van der Waals surface area contributed by atoms with Crippen molar-refractivity contribution in [2.75, 3.05) is 38.3 Å². The summed E-state index contributed by atoms with van der Waals surface area (Å²) in [6.07, 6.45) is 7.65. The summed E-state index contributed by atoms with van der Waals surface area (Å²) < 4.78 is 4.93. The van der Waals surface area contributed by atoms with Gasteiger partial charge in [-0.1, -0.05) is 0 Å². The number of carbonyl (C=O) groups excluding carboxylic acids is 1. The molecule has 2 heterocycles. The molecule has 1 aromatic rings. The van der Waals surface area contributed by atoms with E-state index >= 15 is 0 Å². The van der Waals surface area contributed by atoms with Crippen LogP contribution in [0.15, 0.2) is 12.4 Å². The number of piperidine rings is 1. The van der Waals surface area contributed by atoms with Crippen LogP contribution in [-0.2, 0) is 4.74 Å². The summed E-state index contributed by atoms with van der Waals surface area (Å²) in [6, 6.07) is 0. The maximum absolute atomic E-state index is 11.8. The highest BCUT2D eigenvalue weighted by Gasteiger charge is 2.14. The minimum Gasteiger partial charge on any atom is -0.385 e. The van der Waals surface area contributed by atoms with Crippen molar-refractivity contribution in [1.29, 1.82) is 0 Å². The van der Waals surface area contributed by atoms with Crippen LogP contribution in [0.3, 0.4) is 0 Å². The Balaban J connectivity index is 1.85. The largest absolute Gasteiger partial charge is 0.385 e. The van der Waals surface area contributed by atoms with Gasteiger partial charge in [-0.05, 0) is 25.7 Å². The van der Waals surface area contributed by atoms with E-state index in [1.54, 1.807) is 19.5 Å². The first kappa shape index (κ1) is 14.7. The molecule has 2 rings (SSSR count). The van der Waals surface area contributed by atoms with Crippen molar-refractivity contribution in [3.63, 3.8) is 0 Å². The van der Waals surface area contributed by atoms with E-state index in [4.69, 9.17) is 4.74 Å². The summed E-state index contributed by atoms with van der Waals surface area (Å²) in [6.45, 7) is 3.25. The standard InChI is InChI=1S/C14H22N4O2/c1-20-9-5-6-15-13(19)12-10-16-14(17-11-12)18-7-3-2-4-8-18/h10-11H,2-9H2,1H3,(H,15,19). The average molecular weight is 278 g/mol. The topological polar surface area (TPSA) is 67.3 Å². The fraction of sp³-hybridized carbons (Fsp3) is 0.643. The van der Waals surface area contributed by atoms with Gasteiger partial charge in [0.05, 0.1) is 5.56 Å². The Morgan fingerprint density at radius 2 is 2.00 bits per heavy atom. The molecule has 0 spiro atoms. The Morgan fingerprint density at radius 1 is 1.30 bits per heavy atom. The summed E-state index contributed by atoms with van der Waals surface area (Å²) >= 11 is 0. The molecule has 0 saturated carbocycles. The van der Waals surface area contributed by atoms with Gasteiger partial charge in [-0.25, -0.2) is 9.97 Å². The normalized spacial score (nSPS) is 15.2. The molecule has 1 aliphatic heterocycles. The van der Waals surface area contributed by atoms with Crippen molar-refractivity contribution in [2.24, 2.45) is 0 Å². The lowest BCUT2D eigenvalue weighted by Crippen LogP contribution is -2.31. The van der Waals surface area contributed by atoms with E-state index in [1.807, 2.05) is 0 Å². The molecular formula is C14H22N4O2. The second-order valence-corrected chi connectivity index (χ2v) is 4.92. The van der Waals surface area contributed by atoms with Crippen LogP contribution < -0.4 is 10.2 Å². The van der Waals surface area contributed by atoms with E-state index in [0.29, 0.717) is 18.7 Å². The Bertz CT molecular complexity index is 416. The van der Waals surface area contributed by atoms with Crippen molar-refractivity contribution in [2.45, 2.75) is 25.7 Å². The third kappa shape index (κ3) is 4.16. The van der Waals surface area contributed by atoms with Gasteiger partial charge in [0.2, 0.25) is 5.95 Å². The lowest BCUT2D eigenvalue weighted by atomic mass is 10.1. The lowest BCUT2D eigenvalue weighted by Gasteiger charge is -2.26. The van der Waals surface area contributed by atoms with E-state index in [9.17, 15) is 4.79 Å². The van der Waals surface area contributed by atoms with Gasteiger partial charge in [0.1, 0.15) is 0 Å². The van der Waals surface area contributed by atoms with Crippen LogP contribution in [0.2, 0.25) is 0 Å². The van der Waals surface area contributed by atoms with Gasteiger partial charge in [-0.3, -0.25) is 4.79 Å². The van der Waals surface area contributed by atoms with Crippen LogP contribution in [0.5, 0.6) is 0 Å². The van der Waals surface area contributed by atoms with E-state index < -0.39 is 0 Å². The molecule has 1 N–H and O–H groups in total. The minimum absolute atomic E-state index is 0.133. The highest BCUT2D eigenvalue weighted by atomic mass is 16.5. The Hall–Kier alpha value is -1.69. The average Bonchev–Trinajstić information content (AvgIpc) is 2.52. The molecule has 0 unspecified atom stereocenters. The molecule has 6 heteroatoms. The predicted octanol–water partition coefficient (Wildman–Crippen LogP) is 1.23. The van der Waals surface area contributed by atoms with E-state index in [-0.39, 0.29) is 5.91 Å². The van der Waals surface area contributed by atoms with Crippen molar-refractivity contribution >= 4 is 11.9 Å². The zero-order valence-corrected chi connectivity index (χ0v) is 12.0. The van der Waals surface area contributed by atoms with Gasteiger partial charge in [-0.15, -0.1) is 0 Å². The summed E-state index contributed by atoms with van der Waals surface area (Å²) in [7, 11) is 1.65. The van der Waals surface area contributed by atoms with Gasteiger partial charge in [-0.2, -0.15) is 0 Å². The highest BCUT2D eigenvalue weighted by Crippen LogP contribution is 2.14. The number of nitrogens with zero attached hydrogens (tertiary/aromatic N) is 3. The summed E-state index contributed by atoms with van der Waals surface area (Å²) in [5, 5.41) is 2.82. The first-order valence-corrected chi connectivity index (χ1v) is 7.15. The Kier molecular flexibility index (Phi) is 5.73. The van der Waals surface area contributed by atoms with E-state index in [0.717, 1.165) is 25.5 Å². The van der Waals surface area contributed by atoms with Crippen molar-refractivity contribution < 1.29 is 9.53 Å². The van der Waals surface area contributed by atoms with Gasteiger partial charge in [0.15, 0.2) is 0 Å². The number of nitrogens with one attached hydrogen (secondary N) is 1. The molecule has 20 heavy (non-hydrogen) atoms. The zero-order chi connectivity index (χ0) is 14.2. The van der Waals surface area contributed by atoms with E-state index in [1.165, 1.54) is 19.3 Å². The van der Waals surface area contributed by atoms with Crippen LogP contribution in [0.4, 0.5) is 5.95 Å². The molecule has 1 aliphatic rings. The number of methoxy groups -OCH3 is 1. The molecule has 0 aliphatic carbocycles. The first-order chi connectivity index (χ1) is 9.81. The molecule has 0 radical (unpaired) electrons. The van der Waals surface area contributed by atoms with Crippen LogP contribution in [-0.4, -0.2) is 49.2 Å². The molecule has 1 amide bonds. The number of carbonyl (C=O) groups is 1. The number of hydrogen-bond donors (Lipinski definition) is 1. The molecule has 110 valence electrons. The van der Waals surface area contributed by atoms with Gasteiger partial charge < -0.3 is 15.0 Å². The first-order valence-electron chi connectivity index (χ1n) is 7.15. The molecule has 1 aromatic heterocycles. The number of amides is 1. The van der Waals surface area contributed by atoms with E-state index in [2.05, 4.69) is 20.2 Å². The second kappa shape index (κ2) is 7.79. The zero-order valence-electron chi connectivity index (χ0n) is 12.0. The molecule has 6 nitrogen and oxygen atoms in total. The molecule has 1 fully saturated rings. The molecule has 1 saturated heterocycles. The fourth-order valence-electron chi connectivity index (χ4n) is 2.22. The number of aromatic nitrogens is 2. The van der Waals surface area contributed by atoms with Crippen LogP contribution in [0, 0.1) is 0 Å². The summed E-state index contributed by atoms with van der Waals surface area (Å²) in [5.74, 6) is 0.590. The molecule has 0 aromatic carbocycles. The van der Waals surface area contributed by atoms with Crippen molar-refractivity contribution in [3.05, 3.63) is 18.0 Å². The number of rotatable bonds is 6. The number of hydrogen-bond acceptors (Lipinski definition) is 5. The smallest absolute Gasteiger partial charge is 0.254 e. The lowest BCUT2D eigenvalue weighted by molar-refractivity contribution is 0.0948. The van der Waals surface area contributed by atoms with Crippen molar-refractivity contribution in [1.82, 2.24) is 15.3 Å². The molecule has 0 atom stereocenters. The third-order valence-corrected chi connectivity index (χ3v) is 3.35. The number of anilines is 1. The summed E-state index contributed by atoms with van der Waals surface area (Å²) in [4.78, 5) is 22.6. The van der Waals surface area contributed by atoms with Crippen LogP contribution >= 0.6 is 0 Å².